The minimum absolute atomic E-state index is 0.163. The Balaban J connectivity index is 1.97. The third-order valence-electron chi connectivity index (χ3n) is 3.26. The van der Waals surface area contributed by atoms with Gasteiger partial charge in [0.15, 0.2) is 5.16 Å². The fraction of sp³-hybridized carbons (Fsp3) is 0.333. The lowest BCUT2D eigenvalue weighted by Crippen LogP contribution is -2.22. The van der Waals surface area contributed by atoms with Crippen molar-refractivity contribution in [2.75, 3.05) is 5.32 Å². The molecule has 0 saturated carbocycles. The van der Waals surface area contributed by atoms with Crippen LogP contribution in [0.5, 0.6) is 0 Å². The lowest BCUT2D eigenvalue weighted by molar-refractivity contribution is -0.118. The Kier molecular flexibility index (Phi) is 6.22. The van der Waals surface area contributed by atoms with Crippen LogP contribution in [0, 0.1) is 0 Å². The van der Waals surface area contributed by atoms with Gasteiger partial charge in [0.1, 0.15) is 5.82 Å². The van der Waals surface area contributed by atoms with Gasteiger partial charge in [0, 0.05) is 30.6 Å². The molecule has 0 saturated heterocycles. The Morgan fingerprint density at radius 2 is 2.17 bits per heavy atom. The van der Waals surface area contributed by atoms with Gasteiger partial charge in [-0.15, -0.1) is 10.2 Å². The summed E-state index contributed by atoms with van der Waals surface area (Å²) in [6.45, 7) is 1.78. The van der Waals surface area contributed by atoms with Crippen molar-refractivity contribution >= 4 is 40.9 Å². The molecule has 0 aliphatic rings. The van der Waals surface area contributed by atoms with E-state index in [1.165, 1.54) is 11.8 Å². The Morgan fingerprint density at radius 1 is 1.42 bits per heavy atom. The largest absolute Gasteiger partial charge is 0.370 e. The summed E-state index contributed by atoms with van der Waals surface area (Å²) in [4.78, 5) is 23.1. The molecule has 1 heterocycles. The third kappa shape index (κ3) is 4.97. The van der Waals surface area contributed by atoms with Crippen LogP contribution in [0.25, 0.3) is 0 Å². The van der Waals surface area contributed by atoms with Crippen molar-refractivity contribution in [3.63, 3.8) is 0 Å². The fourth-order valence-electron chi connectivity index (χ4n) is 1.92. The summed E-state index contributed by atoms with van der Waals surface area (Å²) in [7, 11) is 1.79. The van der Waals surface area contributed by atoms with Crippen LogP contribution in [-0.4, -0.2) is 31.8 Å². The van der Waals surface area contributed by atoms with Crippen LogP contribution in [0.1, 0.15) is 19.2 Å². The number of halogens is 1. The zero-order valence-corrected chi connectivity index (χ0v) is 14.9. The highest BCUT2D eigenvalue weighted by Gasteiger charge is 2.19. The lowest BCUT2D eigenvalue weighted by Gasteiger charge is -2.11. The van der Waals surface area contributed by atoms with Gasteiger partial charge in [-0.1, -0.05) is 29.4 Å². The highest BCUT2D eigenvalue weighted by molar-refractivity contribution is 8.00. The first kappa shape index (κ1) is 18.3. The van der Waals surface area contributed by atoms with Crippen LogP contribution in [-0.2, 0) is 23.1 Å². The molecule has 3 N–H and O–H groups in total. The first-order valence-corrected chi connectivity index (χ1v) is 8.52. The van der Waals surface area contributed by atoms with Gasteiger partial charge in [-0.2, -0.15) is 0 Å². The second kappa shape index (κ2) is 8.16. The number of carbonyl (C=O) groups is 2. The van der Waals surface area contributed by atoms with Crippen LogP contribution in [0.2, 0.25) is 5.02 Å². The Hall–Kier alpha value is -2.06. The summed E-state index contributed by atoms with van der Waals surface area (Å²) in [5, 5.41) is 11.7. The summed E-state index contributed by atoms with van der Waals surface area (Å²) < 4.78 is 1.76. The quantitative estimate of drug-likeness (QED) is 0.728. The number of anilines is 1. The standard InChI is InChI=1S/C15H18ClN5O2S/c1-9(14(23)18-11-5-3-4-10(16)8-11)24-15-20-19-13(21(15)2)7-6-12(17)22/h3-5,8-9H,6-7H2,1-2H3,(H2,17,22)(H,18,23)/t9-/m1/s1. The molecule has 7 nitrogen and oxygen atoms in total. The molecule has 1 aromatic heterocycles. The number of benzene rings is 1. The van der Waals surface area contributed by atoms with E-state index in [0.29, 0.717) is 28.1 Å². The molecule has 128 valence electrons. The topological polar surface area (TPSA) is 103 Å². The van der Waals surface area contributed by atoms with Gasteiger partial charge in [0.25, 0.3) is 0 Å². The number of thioether (sulfide) groups is 1. The molecular weight excluding hydrogens is 350 g/mol. The minimum atomic E-state index is -0.388. The SMILES string of the molecule is C[C@@H](Sc1nnc(CCC(N)=O)n1C)C(=O)Nc1cccc(Cl)c1. The molecule has 2 rings (SSSR count). The molecule has 9 heteroatoms. The molecule has 0 fully saturated rings. The van der Waals surface area contributed by atoms with Crippen molar-refractivity contribution in [3.05, 3.63) is 35.1 Å². The molecule has 0 radical (unpaired) electrons. The first-order chi connectivity index (χ1) is 11.4. The highest BCUT2D eigenvalue weighted by atomic mass is 35.5. The van der Waals surface area contributed by atoms with Crippen LogP contribution < -0.4 is 11.1 Å². The number of aromatic nitrogens is 3. The molecule has 0 bridgehead atoms. The molecular formula is C15H18ClN5O2S. The number of hydrogen-bond donors (Lipinski definition) is 2. The summed E-state index contributed by atoms with van der Waals surface area (Å²) in [5.74, 6) is 0.101. The average Bonchev–Trinajstić information content (AvgIpc) is 2.85. The van der Waals surface area contributed by atoms with Crippen molar-refractivity contribution in [2.45, 2.75) is 30.2 Å². The second-order valence-electron chi connectivity index (χ2n) is 5.18. The number of hydrogen-bond acceptors (Lipinski definition) is 5. The molecule has 1 atom stereocenters. The maximum atomic E-state index is 12.3. The Bertz CT molecular complexity index is 749. The average molecular weight is 368 g/mol. The highest BCUT2D eigenvalue weighted by Crippen LogP contribution is 2.23. The van der Waals surface area contributed by atoms with Gasteiger partial charge in [-0.3, -0.25) is 9.59 Å². The number of carbonyl (C=O) groups excluding carboxylic acids is 2. The van der Waals surface area contributed by atoms with Crippen molar-refractivity contribution in [3.8, 4) is 0 Å². The third-order valence-corrected chi connectivity index (χ3v) is 4.63. The van der Waals surface area contributed by atoms with Gasteiger partial charge in [0.2, 0.25) is 11.8 Å². The van der Waals surface area contributed by atoms with E-state index in [-0.39, 0.29) is 23.5 Å². The Morgan fingerprint density at radius 3 is 2.83 bits per heavy atom. The predicted octanol–water partition coefficient (Wildman–Crippen LogP) is 2.01. The van der Waals surface area contributed by atoms with E-state index in [0.717, 1.165) is 0 Å². The molecule has 2 amide bonds. The van der Waals surface area contributed by atoms with E-state index < -0.39 is 0 Å². The van der Waals surface area contributed by atoms with E-state index >= 15 is 0 Å². The molecule has 0 unspecified atom stereocenters. The number of amides is 2. The molecule has 0 spiro atoms. The number of rotatable bonds is 7. The first-order valence-electron chi connectivity index (χ1n) is 7.26. The zero-order valence-electron chi connectivity index (χ0n) is 13.3. The van der Waals surface area contributed by atoms with Crippen molar-refractivity contribution in [1.29, 1.82) is 0 Å². The maximum Gasteiger partial charge on any atom is 0.237 e. The van der Waals surface area contributed by atoms with Crippen molar-refractivity contribution in [2.24, 2.45) is 12.8 Å². The lowest BCUT2D eigenvalue weighted by atomic mass is 10.3. The Labute approximate surface area is 149 Å². The van der Waals surface area contributed by atoms with Crippen molar-refractivity contribution < 1.29 is 9.59 Å². The van der Waals surface area contributed by atoms with E-state index in [2.05, 4.69) is 15.5 Å². The smallest absolute Gasteiger partial charge is 0.237 e. The van der Waals surface area contributed by atoms with Crippen LogP contribution in [0.4, 0.5) is 5.69 Å². The number of nitrogens with one attached hydrogen (secondary N) is 1. The van der Waals surface area contributed by atoms with E-state index in [1.54, 1.807) is 42.8 Å². The van der Waals surface area contributed by atoms with Crippen LogP contribution in [0.3, 0.4) is 0 Å². The van der Waals surface area contributed by atoms with Gasteiger partial charge >= 0.3 is 0 Å². The van der Waals surface area contributed by atoms with Gasteiger partial charge in [0.05, 0.1) is 5.25 Å². The van der Waals surface area contributed by atoms with Crippen LogP contribution in [0.15, 0.2) is 29.4 Å². The summed E-state index contributed by atoms with van der Waals surface area (Å²) in [6, 6.07) is 6.96. The normalized spacial score (nSPS) is 12.0. The van der Waals surface area contributed by atoms with E-state index in [1.807, 2.05) is 0 Å². The zero-order chi connectivity index (χ0) is 17.7. The van der Waals surface area contributed by atoms with Crippen molar-refractivity contribution in [1.82, 2.24) is 14.8 Å². The number of primary amides is 1. The molecule has 1 aromatic carbocycles. The monoisotopic (exact) mass is 367 g/mol. The predicted molar refractivity (Wildman–Crippen MR) is 93.9 cm³/mol. The fourth-order valence-corrected chi connectivity index (χ4v) is 2.95. The molecule has 2 aromatic rings. The number of nitrogens with two attached hydrogens (primary N) is 1. The van der Waals surface area contributed by atoms with E-state index in [9.17, 15) is 9.59 Å². The minimum Gasteiger partial charge on any atom is -0.370 e. The van der Waals surface area contributed by atoms with E-state index in [4.69, 9.17) is 17.3 Å². The number of aryl methyl sites for hydroxylation is 1. The molecule has 0 aliphatic carbocycles. The summed E-state index contributed by atoms with van der Waals surface area (Å²) in [5.41, 5.74) is 5.78. The summed E-state index contributed by atoms with van der Waals surface area (Å²) >= 11 is 7.19. The van der Waals surface area contributed by atoms with Gasteiger partial charge in [-0.25, -0.2) is 0 Å². The maximum absolute atomic E-state index is 12.3. The van der Waals surface area contributed by atoms with Gasteiger partial charge in [-0.05, 0) is 25.1 Å². The second-order valence-corrected chi connectivity index (χ2v) is 6.93. The van der Waals surface area contributed by atoms with Gasteiger partial charge < -0.3 is 15.6 Å². The van der Waals surface area contributed by atoms with Crippen LogP contribution >= 0.6 is 23.4 Å². The summed E-state index contributed by atoms with van der Waals surface area (Å²) in [6.07, 6.45) is 0.629. The molecule has 24 heavy (non-hydrogen) atoms. The number of nitrogens with zero attached hydrogens (tertiary/aromatic N) is 3. The molecule has 0 aliphatic heterocycles.